The summed E-state index contributed by atoms with van der Waals surface area (Å²) in [5.74, 6) is 0.434. The fraction of sp³-hybridized carbons (Fsp3) is 0.333. The van der Waals surface area contributed by atoms with E-state index in [0.29, 0.717) is 36.8 Å². The number of hydrogen-bond acceptors (Lipinski definition) is 3. The molecule has 0 aliphatic rings. The van der Waals surface area contributed by atoms with E-state index in [9.17, 15) is 9.59 Å². The van der Waals surface area contributed by atoms with Crippen LogP contribution in [0, 0.1) is 0 Å². The largest absolute Gasteiger partial charge is 0.494 e. The first-order valence-corrected chi connectivity index (χ1v) is 10.2. The monoisotopic (exact) mass is 466 g/mol. The molecule has 0 unspecified atom stereocenters. The molecule has 0 aliphatic carbocycles. The molecule has 0 fully saturated rings. The first kappa shape index (κ1) is 22.2. The summed E-state index contributed by atoms with van der Waals surface area (Å²) >= 11 is 9.25. The van der Waals surface area contributed by atoms with Crippen LogP contribution in [0.2, 0.25) is 5.02 Å². The lowest BCUT2D eigenvalue weighted by molar-refractivity contribution is -0.140. The molecule has 0 heterocycles. The van der Waals surface area contributed by atoms with Crippen LogP contribution in [0.15, 0.2) is 53.0 Å². The summed E-state index contributed by atoms with van der Waals surface area (Å²) in [6.07, 6.45) is 0.851. The van der Waals surface area contributed by atoms with Gasteiger partial charge in [0, 0.05) is 29.5 Å². The third-order valence-corrected chi connectivity index (χ3v) is 5.08. The summed E-state index contributed by atoms with van der Waals surface area (Å²) < 4.78 is 6.60. The Hall–Kier alpha value is -2.05. The Kier molecular flexibility index (Phi) is 8.80. The number of carbonyl (C=O) groups excluding carboxylic acids is 2. The summed E-state index contributed by atoms with van der Waals surface area (Å²) in [5, 5.41) is 3.26. The Labute approximate surface area is 179 Å². The van der Waals surface area contributed by atoms with E-state index in [-0.39, 0.29) is 11.8 Å². The lowest BCUT2D eigenvalue weighted by atomic mass is 10.1. The van der Waals surface area contributed by atoms with Crippen molar-refractivity contribution in [2.75, 3.05) is 13.7 Å². The summed E-state index contributed by atoms with van der Waals surface area (Å²) in [4.78, 5) is 26.5. The van der Waals surface area contributed by atoms with Crippen LogP contribution in [0.5, 0.6) is 5.75 Å². The van der Waals surface area contributed by atoms with Crippen molar-refractivity contribution in [2.45, 2.75) is 32.4 Å². The number of amides is 2. The van der Waals surface area contributed by atoms with Gasteiger partial charge < -0.3 is 15.0 Å². The van der Waals surface area contributed by atoms with Crippen molar-refractivity contribution in [3.8, 4) is 5.75 Å². The normalized spacial score (nSPS) is 11.6. The van der Waals surface area contributed by atoms with Crippen LogP contribution in [0.1, 0.15) is 25.3 Å². The number of benzene rings is 2. The summed E-state index contributed by atoms with van der Waals surface area (Å²) in [6.45, 7) is 2.52. The number of nitrogens with zero attached hydrogens (tertiary/aromatic N) is 1. The van der Waals surface area contributed by atoms with Gasteiger partial charge in [-0.2, -0.15) is 0 Å². The highest BCUT2D eigenvalue weighted by Crippen LogP contribution is 2.17. The van der Waals surface area contributed by atoms with Crippen LogP contribution in [-0.4, -0.2) is 36.4 Å². The molecule has 1 N–H and O–H groups in total. The molecule has 1 atom stereocenters. The van der Waals surface area contributed by atoms with Crippen molar-refractivity contribution in [2.24, 2.45) is 0 Å². The molecule has 0 saturated carbocycles. The van der Waals surface area contributed by atoms with Crippen LogP contribution in [-0.2, 0) is 16.1 Å². The van der Waals surface area contributed by atoms with Gasteiger partial charge in [-0.1, -0.05) is 39.7 Å². The van der Waals surface area contributed by atoms with E-state index in [2.05, 4.69) is 21.2 Å². The van der Waals surface area contributed by atoms with Gasteiger partial charge in [-0.05, 0) is 55.3 Å². The molecule has 2 amide bonds. The number of halogens is 2. The van der Waals surface area contributed by atoms with Gasteiger partial charge in [0.15, 0.2) is 0 Å². The zero-order chi connectivity index (χ0) is 20.5. The van der Waals surface area contributed by atoms with Crippen molar-refractivity contribution in [3.63, 3.8) is 0 Å². The van der Waals surface area contributed by atoms with Gasteiger partial charge in [0.25, 0.3) is 0 Å². The maximum Gasteiger partial charge on any atom is 0.242 e. The summed E-state index contributed by atoms with van der Waals surface area (Å²) in [7, 11) is 1.57. The number of carbonyl (C=O) groups is 2. The molecule has 7 heteroatoms. The third kappa shape index (κ3) is 6.84. The van der Waals surface area contributed by atoms with E-state index in [1.54, 1.807) is 43.1 Å². The lowest BCUT2D eigenvalue weighted by Crippen LogP contribution is -2.46. The molecule has 0 bridgehead atoms. The predicted molar refractivity (Wildman–Crippen MR) is 114 cm³/mol. The highest BCUT2D eigenvalue weighted by molar-refractivity contribution is 9.10. The van der Waals surface area contributed by atoms with E-state index >= 15 is 0 Å². The lowest BCUT2D eigenvalue weighted by Gasteiger charge is -2.28. The number of rotatable bonds is 9. The van der Waals surface area contributed by atoms with E-state index in [1.807, 2.05) is 24.3 Å². The minimum atomic E-state index is -0.557. The molecule has 0 aliphatic heterocycles. The van der Waals surface area contributed by atoms with Gasteiger partial charge in [-0.3, -0.25) is 9.59 Å². The molecule has 0 radical (unpaired) electrons. The van der Waals surface area contributed by atoms with Gasteiger partial charge in [-0.25, -0.2) is 0 Å². The van der Waals surface area contributed by atoms with Crippen LogP contribution < -0.4 is 10.1 Å². The second kappa shape index (κ2) is 11.1. The van der Waals surface area contributed by atoms with Crippen LogP contribution in [0.3, 0.4) is 0 Å². The average molecular weight is 468 g/mol. The molecular formula is C21H24BrClN2O3. The Morgan fingerprint density at radius 1 is 1.14 bits per heavy atom. The van der Waals surface area contributed by atoms with E-state index in [0.717, 1.165) is 10.0 Å². The Bertz CT molecular complexity index is 781. The van der Waals surface area contributed by atoms with E-state index in [4.69, 9.17) is 16.3 Å². The van der Waals surface area contributed by atoms with Crippen LogP contribution in [0.25, 0.3) is 0 Å². The minimum absolute atomic E-state index is 0.0845. The van der Waals surface area contributed by atoms with Crippen LogP contribution in [0.4, 0.5) is 0 Å². The molecule has 0 aromatic heterocycles. The second-order valence-corrected chi connectivity index (χ2v) is 7.70. The summed E-state index contributed by atoms with van der Waals surface area (Å²) in [6, 6.07) is 14.2. The maximum atomic E-state index is 12.8. The highest BCUT2D eigenvalue weighted by Gasteiger charge is 2.25. The van der Waals surface area contributed by atoms with Crippen molar-refractivity contribution in [1.82, 2.24) is 10.2 Å². The summed E-state index contributed by atoms with van der Waals surface area (Å²) in [5.41, 5.74) is 0.963. The molecule has 5 nitrogen and oxygen atoms in total. The quantitative estimate of drug-likeness (QED) is 0.555. The molecule has 2 aromatic rings. The number of nitrogens with one attached hydrogen (secondary N) is 1. The molecule has 28 heavy (non-hydrogen) atoms. The van der Waals surface area contributed by atoms with Gasteiger partial charge in [0.05, 0.1) is 6.61 Å². The van der Waals surface area contributed by atoms with E-state index < -0.39 is 6.04 Å². The molecule has 150 valence electrons. The topological polar surface area (TPSA) is 58.6 Å². The van der Waals surface area contributed by atoms with Crippen molar-refractivity contribution in [1.29, 1.82) is 0 Å². The van der Waals surface area contributed by atoms with Gasteiger partial charge in [0.1, 0.15) is 11.8 Å². The third-order valence-electron chi connectivity index (χ3n) is 4.30. The highest BCUT2D eigenvalue weighted by atomic mass is 79.9. The molecule has 0 saturated heterocycles. The van der Waals surface area contributed by atoms with Gasteiger partial charge in [-0.15, -0.1) is 0 Å². The fourth-order valence-electron chi connectivity index (χ4n) is 2.67. The first-order valence-electron chi connectivity index (χ1n) is 9.04. The number of ether oxygens (including phenoxy) is 1. The zero-order valence-corrected chi connectivity index (χ0v) is 18.3. The maximum absolute atomic E-state index is 12.8. The van der Waals surface area contributed by atoms with Crippen molar-refractivity contribution < 1.29 is 14.3 Å². The minimum Gasteiger partial charge on any atom is -0.494 e. The van der Waals surface area contributed by atoms with Crippen molar-refractivity contribution >= 4 is 39.3 Å². The molecular weight excluding hydrogens is 444 g/mol. The first-order chi connectivity index (χ1) is 13.4. The molecule has 2 aromatic carbocycles. The predicted octanol–water partition coefficient (Wildman–Crippen LogP) is 4.42. The van der Waals surface area contributed by atoms with Gasteiger partial charge in [0.2, 0.25) is 11.8 Å². The fourth-order valence-corrected chi connectivity index (χ4v) is 3.06. The van der Waals surface area contributed by atoms with E-state index in [1.165, 1.54) is 0 Å². The Balaban J connectivity index is 1.94. The van der Waals surface area contributed by atoms with Gasteiger partial charge >= 0.3 is 0 Å². The number of hydrogen-bond donors (Lipinski definition) is 1. The molecule has 0 spiro atoms. The van der Waals surface area contributed by atoms with Crippen molar-refractivity contribution in [3.05, 3.63) is 63.6 Å². The zero-order valence-electron chi connectivity index (χ0n) is 16.0. The Morgan fingerprint density at radius 3 is 2.39 bits per heavy atom. The standard InChI is InChI=1S/C21H24BrClN2O3/c1-15(21(27)24-2)25(14-16-5-7-17(22)8-6-16)20(26)4-3-13-28-19-11-9-18(23)10-12-19/h5-12,15H,3-4,13-14H2,1-2H3,(H,24,27)/t15-/m1/s1. The SMILES string of the molecule is CNC(=O)[C@@H](C)N(Cc1ccc(Br)cc1)C(=O)CCCOc1ccc(Cl)cc1. The number of likely N-dealkylation sites (N-methyl/N-ethyl adjacent to an activating group) is 1. The second-order valence-electron chi connectivity index (χ2n) is 6.34. The average Bonchev–Trinajstić information content (AvgIpc) is 2.70. The van der Waals surface area contributed by atoms with Crippen LogP contribution >= 0.6 is 27.5 Å². The molecule has 2 rings (SSSR count). The smallest absolute Gasteiger partial charge is 0.242 e. The Morgan fingerprint density at radius 2 is 1.79 bits per heavy atom.